The second-order valence-corrected chi connectivity index (χ2v) is 9.98. The molecule has 0 N–H and O–H groups in total. The second kappa shape index (κ2) is 9.70. The van der Waals surface area contributed by atoms with Crippen LogP contribution in [0.15, 0.2) is 30.3 Å². The lowest BCUT2D eigenvalue weighted by molar-refractivity contribution is -0.384. The van der Waals surface area contributed by atoms with Crippen molar-refractivity contribution in [3.63, 3.8) is 0 Å². The highest BCUT2D eigenvalue weighted by Crippen LogP contribution is 2.35. The minimum absolute atomic E-state index is 0.0237. The first kappa shape index (κ1) is 26.6. The maximum atomic E-state index is 12.6. The normalized spacial score (nSPS) is 11.6. The number of ether oxygens (including phenoxy) is 3. The van der Waals surface area contributed by atoms with E-state index in [1.54, 1.807) is 67.5 Å². The number of hydrogen-bond acceptors (Lipinski definition) is 7. The number of rotatable bonds is 5. The lowest BCUT2D eigenvalue weighted by Crippen LogP contribution is -2.34. The fourth-order valence-electron chi connectivity index (χ4n) is 3.19. The third kappa shape index (κ3) is 6.94. The molecule has 0 bridgehead atoms. The Morgan fingerprint density at radius 3 is 1.88 bits per heavy atom. The van der Waals surface area contributed by atoms with Gasteiger partial charge in [-0.05, 0) is 84.7 Å². The number of amides is 1. The van der Waals surface area contributed by atoms with E-state index in [-0.39, 0.29) is 17.1 Å². The van der Waals surface area contributed by atoms with E-state index >= 15 is 0 Å². The summed E-state index contributed by atoms with van der Waals surface area (Å²) in [6, 6.07) is 7.47. The Hall–Kier alpha value is -3.62. The highest BCUT2D eigenvalue weighted by atomic mass is 16.6. The lowest BCUT2D eigenvalue weighted by atomic mass is 10.0. The SMILES string of the molecule is Cc1cc(Oc2ccc([N+](=O)[O-])c(N(C)C(=O)OC(C)(C)C)c2)cc(C)c1C(=O)OC(C)(C)C. The van der Waals surface area contributed by atoms with Crippen LogP contribution in [0.1, 0.15) is 63.0 Å². The molecular weight excluding hydrogens is 440 g/mol. The van der Waals surface area contributed by atoms with Crippen molar-refractivity contribution < 1.29 is 28.7 Å². The summed E-state index contributed by atoms with van der Waals surface area (Å²) in [6.45, 7) is 14.1. The van der Waals surface area contributed by atoms with Crippen molar-refractivity contribution in [3.05, 3.63) is 57.1 Å². The first-order valence-electron chi connectivity index (χ1n) is 10.8. The molecule has 184 valence electrons. The van der Waals surface area contributed by atoms with Crippen LogP contribution < -0.4 is 9.64 Å². The fraction of sp³-hybridized carbons (Fsp3) is 0.440. The van der Waals surface area contributed by atoms with Crippen LogP contribution >= 0.6 is 0 Å². The van der Waals surface area contributed by atoms with Crippen LogP contribution in [0.25, 0.3) is 0 Å². The molecule has 0 aliphatic carbocycles. The van der Waals surface area contributed by atoms with Crippen molar-refractivity contribution in [1.82, 2.24) is 0 Å². The van der Waals surface area contributed by atoms with Crippen LogP contribution in [0, 0.1) is 24.0 Å². The Morgan fingerprint density at radius 1 is 0.882 bits per heavy atom. The number of carbonyl (C=O) groups excluding carboxylic acids is 2. The summed E-state index contributed by atoms with van der Waals surface area (Å²) < 4.78 is 16.7. The molecule has 0 aromatic heterocycles. The van der Waals surface area contributed by atoms with Crippen LogP contribution in [-0.2, 0) is 9.47 Å². The Bertz CT molecular complexity index is 1090. The Morgan fingerprint density at radius 2 is 1.41 bits per heavy atom. The number of carbonyl (C=O) groups is 2. The molecule has 0 saturated heterocycles. The number of nitro groups is 1. The van der Waals surface area contributed by atoms with E-state index in [4.69, 9.17) is 14.2 Å². The number of nitrogens with zero attached hydrogens (tertiary/aromatic N) is 2. The van der Waals surface area contributed by atoms with E-state index < -0.39 is 28.2 Å². The zero-order valence-corrected chi connectivity index (χ0v) is 21.1. The molecule has 0 heterocycles. The largest absolute Gasteiger partial charge is 0.457 e. The Labute approximate surface area is 199 Å². The molecule has 0 spiro atoms. The molecule has 0 unspecified atom stereocenters. The van der Waals surface area contributed by atoms with E-state index in [1.807, 2.05) is 0 Å². The molecule has 34 heavy (non-hydrogen) atoms. The number of esters is 1. The summed E-state index contributed by atoms with van der Waals surface area (Å²) in [5.74, 6) is 0.285. The maximum Gasteiger partial charge on any atom is 0.414 e. The van der Waals surface area contributed by atoms with Gasteiger partial charge in [0.15, 0.2) is 0 Å². The van der Waals surface area contributed by atoms with Crippen molar-refractivity contribution in [2.75, 3.05) is 11.9 Å². The summed E-state index contributed by atoms with van der Waals surface area (Å²) in [4.78, 5) is 37.1. The lowest BCUT2D eigenvalue weighted by Gasteiger charge is -2.24. The molecule has 0 aliphatic heterocycles. The average Bonchev–Trinajstić information content (AvgIpc) is 2.63. The summed E-state index contributed by atoms with van der Waals surface area (Å²) in [7, 11) is 1.39. The zero-order chi connectivity index (χ0) is 26.0. The monoisotopic (exact) mass is 472 g/mol. The van der Waals surface area contributed by atoms with Gasteiger partial charge in [0.05, 0.1) is 10.5 Å². The molecule has 0 fully saturated rings. The van der Waals surface area contributed by atoms with E-state index in [0.717, 1.165) is 4.90 Å². The highest BCUT2D eigenvalue weighted by molar-refractivity contribution is 5.93. The van der Waals surface area contributed by atoms with Crippen molar-refractivity contribution in [1.29, 1.82) is 0 Å². The predicted molar refractivity (Wildman–Crippen MR) is 129 cm³/mol. The predicted octanol–water partition coefficient (Wildman–Crippen LogP) is 6.33. The van der Waals surface area contributed by atoms with Gasteiger partial charge in [-0.25, -0.2) is 9.59 Å². The van der Waals surface area contributed by atoms with Gasteiger partial charge in [0.2, 0.25) is 0 Å². The highest BCUT2D eigenvalue weighted by Gasteiger charge is 2.27. The molecule has 2 aromatic rings. The van der Waals surface area contributed by atoms with Gasteiger partial charge in [0.1, 0.15) is 28.4 Å². The first-order valence-corrected chi connectivity index (χ1v) is 10.8. The number of aryl methyl sites for hydroxylation is 2. The van der Waals surface area contributed by atoms with Gasteiger partial charge in [0, 0.05) is 19.2 Å². The molecule has 0 radical (unpaired) electrons. The van der Waals surface area contributed by atoms with Gasteiger partial charge >= 0.3 is 12.1 Å². The quantitative estimate of drug-likeness (QED) is 0.284. The van der Waals surface area contributed by atoms with E-state index in [9.17, 15) is 19.7 Å². The van der Waals surface area contributed by atoms with Gasteiger partial charge in [-0.3, -0.25) is 15.0 Å². The minimum atomic E-state index is -0.765. The molecule has 2 aromatic carbocycles. The second-order valence-electron chi connectivity index (χ2n) is 9.98. The summed E-state index contributed by atoms with van der Waals surface area (Å²) >= 11 is 0. The first-order chi connectivity index (χ1) is 15.5. The van der Waals surface area contributed by atoms with Crippen molar-refractivity contribution in [3.8, 4) is 11.5 Å². The van der Waals surface area contributed by atoms with Crippen LogP contribution in [0.4, 0.5) is 16.2 Å². The average molecular weight is 473 g/mol. The van der Waals surface area contributed by atoms with Gasteiger partial charge in [-0.1, -0.05) is 0 Å². The standard InChI is InChI=1S/C25H32N2O7/c1-15-12-18(13-16(2)21(15)22(28)33-24(3,4)5)32-17-10-11-19(27(30)31)20(14-17)26(9)23(29)34-25(6,7)8/h10-14H,1-9H3. The van der Waals surface area contributed by atoms with E-state index in [1.165, 1.54) is 25.2 Å². The maximum absolute atomic E-state index is 12.6. The molecule has 0 aliphatic rings. The smallest absolute Gasteiger partial charge is 0.414 e. The third-order valence-electron chi connectivity index (χ3n) is 4.52. The van der Waals surface area contributed by atoms with Crippen molar-refractivity contribution in [2.45, 2.75) is 66.6 Å². The molecule has 0 atom stereocenters. The van der Waals surface area contributed by atoms with Gasteiger partial charge in [-0.15, -0.1) is 0 Å². The summed E-state index contributed by atoms with van der Waals surface area (Å²) in [5.41, 5.74) is 0.148. The van der Waals surface area contributed by atoms with E-state index in [2.05, 4.69) is 0 Å². The number of nitro benzene ring substituents is 1. The molecule has 1 amide bonds. The zero-order valence-electron chi connectivity index (χ0n) is 21.1. The van der Waals surface area contributed by atoms with E-state index in [0.29, 0.717) is 22.4 Å². The van der Waals surface area contributed by atoms with Crippen LogP contribution in [0.5, 0.6) is 11.5 Å². The minimum Gasteiger partial charge on any atom is -0.457 e. The van der Waals surface area contributed by atoms with Gasteiger partial charge in [0.25, 0.3) is 5.69 Å². The Kier molecular flexibility index (Phi) is 7.60. The summed E-state index contributed by atoms with van der Waals surface area (Å²) in [6.07, 6.45) is -0.735. The number of hydrogen-bond donors (Lipinski definition) is 0. The van der Waals surface area contributed by atoms with Crippen LogP contribution in [0.2, 0.25) is 0 Å². The molecule has 0 saturated carbocycles. The Balaban J connectivity index is 2.39. The molecule has 9 heteroatoms. The van der Waals surface area contributed by atoms with Gasteiger partial charge in [-0.2, -0.15) is 0 Å². The topological polar surface area (TPSA) is 108 Å². The summed E-state index contributed by atoms with van der Waals surface area (Å²) in [5, 5.41) is 11.5. The third-order valence-corrected chi connectivity index (χ3v) is 4.52. The van der Waals surface area contributed by atoms with Crippen molar-refractivity contribution >= 4 is 23.4 Å². The number of benzene rings is 2. The molecule has 2 rings (SSSR count). The van der Waals surface area contributed by atoms with Crippen molar-refractivity contribution in [2.24, 2.45) is 0 Å². The fourth-order valence-corrected chi connectivity index (χ4v) is 3.19. The number of anilines is 1. The van der Waals surface area contributed by atoms with Gasteiger partial charge < -0.3 is 14.2 Å². The van der Waals surface area contributed by atoms with Crippen LogP contribution in [0.3, 0.4) is 0 Å². The van der Waals surface area contributed by atoms with Crippen LogP contribution in [-0.4, -0.2) is 35.2 Å². The molecular formula is C25H32N2O7. The molecule has 9 nitrogen and oxygen atoms in total.